The van der Waals surface area contributed by atoms with Crippen LogP contribution in [0.3, 0.4) is 0 Å². The number of nitrogens with zero attached hydrogens (tertiary/aromatic N) is 1. The number of nitrogens with two attached hydrogens (primary N) is 1. The fourth-order valence-corrected chi connectivity index (χ4v) is 1.87. The van der Waals surface area contributed by atoms with Crippen LogP contribution in [-0.2, 0) is 6.54 Å². The number of aromatic nitrogens is 1. The summed E-state index contributed by atoms with van der Waals surface area (Å²) in [6.07, 6.45) is 2.21. The van der Waals surface area contributed by atoms with Crippen molar-refractivity contribution in [3.8, 4) is 17.1 Å². The lowest BCUT2D eigenvalue weighted by molar-refractivity contribution is 0.309. The summed E-state index contributed by atoms with van der Waals surface area (Å²) in [7, 11) is 0. The fourth-order valence-electron chi connectivity index (χ4n) is 1.87. The third-order valence-electron chi connectivity index (χ3n) is 3.10. The maximum Gasteiger partial charge on any atom is 0.170 e. The fraction of sp³-hybridized carbons (Fsp3) is 0.400. The minimum atomic E-state index is 0.396. The Balaban J connectivity index is 2.11. The molecule has 0 saturated heterocycles. The third-order valence-corrected chi connectivity index (χ3v) is 3.10. The van der Waals surface area contributed by atoms with E-state index in [9.17, 15) is 0 Å². The zero-order valence-corrected chi connectivity index (χ0v) is 11.5. The van der Waals surface area contributed by atoms with Gasteiger partial charge in [-0.25, -0.2) is 0 Å². The summed E-state index contributed by atoms with van der Waals surface area (Å²) in [5.74, 6) is 1.66. The molecule has 0 atom stereocenters. The quantitative estimate of drug-likeness (QED) is 0.810. The van der Waals surface area contributed by atoms with Crippen molar-refractivity contribution in [1.82, 2.24) is 5.16 Å². The molecule has 0 aliphatic heterocycles. The molecule has 4 heteroatoms. The Bertz CT molecular complexity index is 517. The first-order valence-corrected chi connectivity index (χ1v) is 6.64. The maximum atomic E-state index is 5.63. The van der Waals surface area contributed by atoms with E-state index in [4.69, 9.17) is 15.0 Å². The van der Waals surface area contributed by atoms with Crippen molar-refractivity contribution in [3.05, 3.63) is 35.5 Å². The van der Waals surface area contributed by atoms with Crippen LogP contribution in [0.4, 0.5) is 0 Å². The highest BCUT2D eigenvalue weighted by Gasteiger charge is 2.12. The van der Waals surface area contributed by atoms with Crippen molar-refractivity contribution in [2.24, 2.45) is 5.73 Å². The molecule has 0 radical (unpaired) electrons. The second-order valence-electron chi connectivity index (χ2n) is 4.51. The molecule has 0 aliphatic carbocycles. The van der Waals surface area contributed by atoms with Crippen LogP contribution in [0.5, 0.6) is 5.75 Å². The topological polar surface area (TPSA) is 61.3 Å². The van der Waals surface area contributed by atoms with Gasteiger partial charge in [0.05, 0.1) is 6.61 Å². The van der Waals surface area contributed by atoms with E-state index >= 15 is 0 Å². The van der Waals surface area contributed by atoms with Crippen LogP contribution < -0.4 is 10.5 Å². The predicted octanol–water partition coefficient (Wildman–Crippen LogP) is 3.29. The van der Waals surface area contributed by atoms with Gasteiger partial charge in [0.1, 0.15) is 11.4 Å². The molecule has 0 amide bonds. The molecule has 0 aliphatic rings. The molecule has 4 nitrogen and oxygen atoms in total. The van der Waals surface area contributed by atoms with Gasteiger partial charge < -0.3 is 15.0 Å². The van der Waals surface area contributed by atoms with Crippen LogP contribution >= 0.6 is 0 Å². The number of unbranched alkanes of at least 4 members (excludes halogenated alkanes) is 1. The Morgan fingerprint density at radius 2 is 2.00 bits per heavy atom. The van der Waals surface area contributed by atoms with Gasteiger partial charge in [-0.05, 0) is 37.6 Å². The molecule has 0 unspecified atom stereocenters. The lowest BCUT2D eigenvalue weighted by Crippen LogP contribution is -1.98. The molecule has 2 rings (SSSR count). The van der Waals surface area contributed by atoms with Crippen LogP contribution in [0.15, 0.2) is 28.8 Å². The normalized spacial score (nSPS) is 10.7. The van der Waals surface area contributed by atoms with Crippen LogP contribution in [0.1, 0.15) is 31.0 Å². The summed E-state index contributed by atoms with van der Waals surface area (Å²) in [4.78, 5) is 0. The number of rotatable bonds is 6. The molecule has 102 valence electrons. The van der Waals surface area contributed by atoms with Gasteiger partial charge in [0, 0.05) is 17.7 Å². The van der Waals surface area contributed by atoms with Crippen molar-refractivity contribution in [2.75, 3.05) is 6.61 Å². The zero-order valence-electron chi connectivity index (χ0n) is 11.5. The first-order valence-electron chi connectivity index (χ1n) is 6.64. The second kappa shape index (κ2) is 6.38. The van der Waals surface area contributed by atoms with Gasteiger partial charge in [0.25, 0.3) is 0 Å². The molecule has 0 bridgehead atoms. The zero-order chi connectivity index (χ0) is 13.7. The third kappa shape index (κ3) is 3.15. The Morgan fingerprint density at radius 3 is 2.58 bits per heavy atom. The van der Waals surface area contributed by atoms with Crippen LogP contribution in [0, 0.1) is 6.92 Å². The number of hydrogen-bond acceptors (Lipinski definition) is 4. The van der Waals surface area contributed by atoms with E-state index in [0.29, 0.717) is 6.54 Å². The van der Waals surface area contributed by atoms with E-state index in [1.807, 2.05) is 31.2 Å². The maximum absolute atomic E-state index is 5.63. The standard InChI is InChI=1S/C15H20N2O2/c1-3-4-9-18-13-7-5-12(6-8-13)15-11(2)14(10-16)17-19-15/h5-8H,3-4,9-10,16H2,1-2H3. The smallest absolute Gasteiger partial charge is 0.170 e. The van der Waals surface area contributed by atoms with Gasteiger partial charge in [0.15, 0.2) is 5.76 Å². The minimum absolute atomic E-state index is 0.396. The van der Waals surface area contributed by atoms with Gasteiger partial charge in [0.2, 0.25) is 0 Å². The molecule has 1 aromatic heterocycles. The van der Waals surface area contributed by atoms with Gasteiger partial charge >= 0.3 is 0 Å². The molecule has 1 aromatic carbocycles. The summed E-state index contributed by atoms with van der Waals surface area (Å²) in [6.45, 7) is 5.27. The average Bonchev–Trinajstić information content (AvgIpc) is 2.81. The van der Waals surface area contributed by atoms with Gasteiger partial charge in [-0.1, -0.05) is 18.5 Å². The molecule has 1 heterocycles. The summed E-state index contributed by atoms with van der Waals surface area (Å²) in [6, 6.07) is 7.87. The van der Waals surface area contributed by atoms with E-state index in [2.05, 4.69) is 12.1 Å². The van der Waals surface area contributed by atoms with Crippen molar-refractivity contribution in [1.29, 1.82) is 0 Å². The SMILES string of the molecule is CCCCOc1ccc(-c2onc(CN)c2C)cc1. The van der Waals surface area contributed by atoms with E-state index in [-0.39, 0.29) is 0 Å². The summed E-state index contributed by atoms with van der Waals surface area (Å²) < 4.78 is 11.0. The Morgan fingerprint density at radius 1 is 1.26 bits per heavy atom. The first-order chi connectivity index (χ1) is 9.26. The van der Waals surface area contributed by atoms with Crippen molar-refractivity contribution < 1.29 is 9.26 Å². The van der Waals surface area contributed by atoms with Crippen molar-refractivity contribution >= 4 is 0 Å². The second-order valence-corrected chi connectivity index (χ2v) is 4.51. The molecule has 19 heavy (non-hydrogen) atoms. The van der Waals surface area contributed by atoms with Crippen LogP contribution in [0.25, 0.3) is 11.3 Å². The molecular formula is C15H20N2O2. The minimum Gasteiger partial charge on any atom is -0.494 e. The monoisotopic (exact) mass is 260 g/mol. The van der Waals surface area contributed by atoms with Gasteiger partial charge in [-0.15, -0.1) is 0 Å². The molecule has 0 spiro atoms. The lowest BCUT2D eigenvalue weighted by Gasteiger charge is -2.05. The average molecular weight is 260 g/mol. The molecule has 2 N–H and O–H groups in total. The van der Waals surface area contributed by atoms with E-state index in [1.165, 1.54) is 0 Å². The number of ether oxygens (including phenoxy) is 1. The van der Waals surface area contributed by atoms with E-state index in [1.54, 1.807) is 0 Å². The summed E-state index contributed by atoms with van der Waals surface area (Å²) >= 11 is 0. The Hall–Kier alpha value is -1.81. The Kier molecular flexibility index (Phi) is 4.58. The highest BCUT2D eigenvalue weighted by atomic mass is 16.5. The van der Waals surface area contributed by atoms with Crippen LogP contribution in [0.2, 0.25) is 0 Å². The van der Waals surface area contributed by atoms with E-state index in [0.717, 1.165) is 47.8 Å². The highest BCUT2D eigenvalue weighted by Crippen LogP contribution is 2.27. The molecule has 0 saturated carbocycles. The predicted molar refractivity (Wildman–Crippen MR) is 75.0 cm³/mol. The van der Waals surface area contributed by atoms with Gasteiger partial charge in [-0.3, -0.25) is 0 Å². The molecular weight excluding hydrogens is 240 g/mol. The first kappa shape index (κ1) is 13.6. The van der Waals surface area contributed by atoms with Crippen LogP contribution in [-0.4, -0.2) is 11.8 Å². The summed E-state index contributed by atoms with van der Waals surface area (Å²) in [5, 5.41) is 3.96. The van der Waals surface area contributed by atoms with Crippen molar-refractivity contribution in [3.63, 3.8) is 0 Å². The number of benzene rings is 1. The largest absolute Gasteiger partial charge is 0.494 e. The van der Waals surface area contributed by atoms with Crippen molar-refractivity contribution in [2.45, 2.75) is 33.2 Å². The highest BCUT2D eigenvalue weighted by molar-refractivity contribution is 5.62. The Labute approximate surface area is 113 Å². The molecule has 0 fully saturated rings. The summed E-state index contributed by atoms with van der Waals surface area (Å²) in [5.41, 5.74) is 8.39. The van der Waals surface area contributed by atoms with Gasteiger partial charge in [-0.2, -0.15) is 0 Å². The molecule has 2 aromatic rings. The van der Waals surface area contributed by atoms with E-state index < -0.39 is 0 Å². The lowest BCUT2D eigenvalue weighted by atomic mass is 10.1. The number of hydrogen-bond donors (Lipinski definition) is 1.